The molecule has 1 aliphatic rings. The Kier molecular flexibility index (Phi) is 3.58. The highest BCUT2D eigenvalue weighted by atomic mass is 17.2. The molecule has 1 unspecified atom stereocenters. The van der Waals surface area contributed by atoms with Gasteiger partial charge in [0.15, 0.2) is 0 Å². The molecule has 0 radical (unpaired) electrons. The van der Waals surface area contributed by atoms with Crippen LogP contribution in [0.2, 0.25) is 0 Å². The maximum Gasteiger partial charge on any atom is 0.352 e. The largest absolute Gasteiger partial charge is 0.352 e. The molecule has 15 heavy (non-hydrogen) atoms. The summed E-state index contributed by atoms with van der Waals surface area (Å²) in [4.78, 5) is 20.1. The van der Waals surface area contributed by atoms with Crippen molar-refractivity contribution in [3.63, 3.8) is 0 Å². The summed E-state index contributed by atoms with van der Waals surface area (Å²) in [6, 6.07) is -0.486. The van der Waals surface area contributed by atoms with Crippen LogP contribution < -0.4 is 10.9 Å². The van der Waals surface area contributed by atoms with E-state index in [4.69, 9.17) is 0 Å². The van der Waals surface area contributed by atoms with Gasteiger partial charge in [0.25, 0.3) is 5.91 Å². The van der Waals surface area contributed by atoms with Gasteiger partial charge in [0.1, 0.15) is 0 Å². The second kappa shape index (κ2) is 4.53. The second-order valence-corrected chi connectivity index (χ2v) is 3.19. The van der Waals surface area contributed by atoms with Gasteiger partial charge in [-0.05, 0) is 6.92 Å². The topological polar surface area (TPSA) is 95.4 Å². The molecular weight excluding hydrogens is 204 g/mol. The van der Waals surface area contributed by atoms with Crippen molar-refractivity contribution in [3.05, 3.63) is 0 Å². The average molecular weight is 218 g/mol. The molecule has 0 saturated carbocycles. The van der Waals surface area contributed by atoms with E-state index in [0.717, 1.165) is 5.01 Å². The van der Waals surface area contributed by atoms with Crippen molar-refractivity contribution in [1.82, 2.24) is 15.9 Å². The second-order valence-electron chi connectivity index (χ2n) is 3.19. The minimum absolute atomic E-state index is 0.245. The molecule has 1 heterocycles. The van der Waals surface area contributed by atoms with Crippen molar-refractivity contribution < 1.29 is 19.7 Å². The average Bonchev–Trinajstić information content (AvgIpc) is 2.10. The van der Waals surface area contributed by atoms with E-state index in [2.05, 4.69) is 25.7 Å². The Balaban J connectivity index is 2.58. The fourth-order valence-electron chi connectivity index (χ4n) is 1.06. The number of nitrogens with zero attached hydrogens (tertiary/aromatic N) is 2. The van der Waals surface area contributed by atoms with Gasteiger partial charge in [-0.2, -0.15) is 15.4 Å². The summed E-state index contributed by atoms with van der Waals surface area (Å²) in [6.45, 7) is 3.28. The van der Waals surface area contributed by atoms with Crippen LogP contribution in [-0.4, -0.2) is 41.4 Å². The van der Waals surface area contributed by atoms with Crippen LogP contribution in [0, 0.1) is 0 Å². The van der Waals surface area contributed by atoms with E-state index >= 15 is 0 Å². The first-order valence-corrected chi connectivity index (χ1v) is 4.27. The number of rotatable bonds is 4. The number of carbonyl (C=O) groups excluding carboxylic acids is 1. The number of aliphatic hydroxyl groups is 1. The highest BCUT2D eigenvalue weighted by Gasteiger charge is 2.29. The highest BCUT2D eigenvalue weighted by Crippen LogP contribution is 2.04. The first-order valence-electron chi connectivity index (χ1n) is 4.27. The minimum atomic E-state index is -1.79. The van der Waals surface area contributed by atoms with E-state index in [1.54, 1.807) is 6.92 Å². The van der Waals surface area contributed by atoms with Crippen molar-refractivity contribution >= 4 is 11.7 Å². The standard InChI is InChI=1S/C7H14N4O4/c1-5-4-11(6(12)9-8-5)10-7(2,13)15-14-3/h10,13H,4H2,1-3H3,(H,9,12). The molecule has 8 nitrogen and oxygen atoms in total. The molecule has 0 aromatic heterocycles. The number of hydrazine groups is 1. The van der Waals surface area contributed by atoms with Gasteiger partial charge in [0.2, 0.25) is 0 Å². The number of urea groups is 1. The van der Waals surface area contributed by atoms with Crippen molar-refractivity contribution in [3.8, 4) is 0 Å². The lowest BCUT2D eigenvalue weighted by Crippen LogP contribution is -2.60. The first kappa shape index (κ1) is 11.9. The Morgan fingerprint density at radius 1 is 1.73 bits per heavy atom. The lowest BCUT2D eigenvalue weighted by Gasteiger charge is -2.32. The molecule has 8 heteroatoms. The SMILES string of the molecule is COOC(C)(O)NN1CC(C)=NNC1=O. The molecular formula is C7H14N4O4. The van der Waals surface area contributed by atoms with Crippen LogP contribution in [0.3, 0.4) is 0 Å². The van der Waals surface area contributed by atoms with Gasteiger partial charge in [-0.3, -0.25) is 0 Å². The predicted molar refractivity (Wildman–Crippen MR) is 50.2 cm³/mol. The molecule has 1 aliphatic heterocycles. The van der Waals surface area contributed by atoms with E-state index in [9.17, 15) is 9.90 Å². The Hall–Kier alpha value is -1.22. The van der Waals surface area contributed by atoms with E-state index in [-0.39, 0.29) is 6.54 Å². The molecule has 0 bridgehead atoms. The van der Waals surface area contributed by atoms with Crippen LogP contribution in [0.25, 0.3) is 0 Å². The fourth-order valence-corrected chi connectivity index (χ4v) is 1.06. The van der Waals surface area contributed by atoms with Crippen molar-refractivity contribution in [2.75, 3.05) is 13.7 Å². The molecule has 2 amide bonds. The lowest BCUT2D eigenvalue weighted by molar-refractivity contribution is -0.419. The number of hydrogen-bond acceptors (Lipinski definition) is 6. The van der Waals surface area contributed by atoms with E-state index < -0.39 is 11.9 Å². The number of hydrazone groups is 1. The van der Waals surface area contributed by atoms with Crippen LogP contribution in [0.15, 0.2) is 5.10 Å². The van der Waals surface area contributed by atoms with E-state index in [1.807, 2.05) is 0 Å². The Morgan fingerprint density at radius 3 is 3.00 bits per heavy atom. The number of hydrogen-bond donors (Lipinski definition) is 3. The van der Waals surface area contributed by atoms with Crippen molar-refractivity contribution in [2.24, 2.45) is 5.10 Å². The van der Waals surface area contributed by atoms with Crippen molar-refractivity contribution in [1.29, 1.82) is 0 Å². The van der Waals surface area contributed by atoms with Gasteiger partial charge < -0.3 is 5.11 Å². The highest BCUT2D eigenvalue weighted by molar-refractivity contribution is 5.91. The number of nitrogens with one attached hydrogen (secondary N) is 2. The Labute approximate surface area is 86.7 Å². The zero-order valence-corrected chi connectivity index (χ0v) is 8.77. The third-order valence-electron chi connectivity index (χ3n) is 1.56. The molecule has 1 rings (SSSR count). The zero-order chi connectivity index (χ0) is 11.5. The number of amides is 2. The third kappa shape index (κ3) is 3.44. The molecule has 0 aromatic rings. The normalized spacial score (nSPS) is 20.7. The summed E-state index contributed by atoms with van der Waals surface area (Å²) >= 11 is 0. The third-order valence-corrected chi connectivity index (χ3v) is 1.56. The smallest absolute Gasteiger partial charge is 0.350 e. The zero-order valence-electron chi connectivity index (χ0n) is 8.77. The van der Waals surface area contributed by atoms with Crippen LogP contribution in [0.4, 0.5) is 4.79 Å². The molecule has 0 spiro atoms. The lowest BCUT2D eigenvalue weighted by atomic mass is 10.4. The van der Waals surface area contributed by atoms with Gasteiger partial charge in [0.05, 0.1) is 19.4 Å². The predicted octanol–water partition coefficient (Wildman–Crippen LogP) is -0.864. The monoisotopic (exact) mass is 218 g/mol. The van der Waals surface area contributed by atoms with E-state index in [0.29, 0.717) is 5.71 Å². The quantitative estimate of drug-likeness (QED) is 0.324. The molecule has 3 N–H and O–H groups in total. The summed E-state index contributed by atoms with van der Waals surface area (Å²) in [5, 5.41) is 14.4. The summed E-state index contributed by atoms with van der Waals surface area (Å²) in [6.07, 6.45) is 0. The van der Waals surface area contributed by atoms with Crippen molar-refractivity contribution in [2.45, 2.75) is 19.8 Å². The van der Waals surface area contributed by atoms with Crippen LogP contribution >= 0.6 is 0 Å². The van der Waals surface area contributed by atoms with Gasteiger partial charge >= 0.3 is 6.03 Å². The summed E-state index contributed by atoms with van der Waals surface area (Å²) < 4.78 is 0. The summed E-state index contributed by atoms with van der Waals surface area (Å²) in [7, 11) is 1.25. The molecule has 1 atom stereocenters. The Morgan fingerprint density at radius 2 is 2.40 bits per heavy atom. The molecule has 0 aliphatic carbocycles. The van der Waals surface area contributed by atoms with E-state index in [1.165, 1.54) is 14.0 Å². The minimum Gasteiger partial charge on any atom is -0.350 e. The van der Waals surface area contributed by atoms with Gasteiger partial charge in [0, 0.05) is 6.92 Å². The molecule has 86 valence electrons. The maximum atomic E-state index is 11.3. The summed E-state index contributed by atoms with van der Waals surface area (Å²) in [5.74, 6) is -1.79. The molecule has 0 fully saturated rings. The first-order chi connectivity index (χ1) is 6.94. The van der Waals surface area contributed by atoms with Gasteiger partial charge in [-0.25, -0.2) is 20.1 Å². The fraction of sp³-hybridized carbons (Fsp3) is 0.714. The molecule has 0 saturated heterocycles. The van der Waals surface area contributed by atoms with Gasteiger partial charge in [-0.1, -0.05) is 0 Å². The molecule has 0 aromatic carbocycles. The Bertz CT molecular complexity index is 278. The number of carbonyl (C=O) groups is 1. The van der Waals surface area contributed by atoms with Gasteiger partial charge in [-0.15, -0.1) is 0 Å². The summed E-state index contributed by atoms with van der Waals surface area (Å²) in [5.41, 5.74) is 5.37. The van der Waals surface area contributed by atoms with Crippen LogP contribution in [-0.2, 0) is 9.78 Å². The van der Waals surface area contributed by atoms with Crippen LogP contribution in [0.1, 0.15) is 13.8 Å². The maximum absolute atomic E-state index is 11.3. The van der Waals surface area contributed by atoms with Crippen LogP contribution in [0.5, 0.6) is 0 Å².